The summed E-state index contributed by atoms with van der Waals surface area (Å²) in [6.45, 7) is 3.88. The SMILES string of the molecule is CCc1[nH]c(=O)ccc1C(=O)N1CCC2(CC1)OCCc1sc(-c3cnccn3)cc12. The Morgan fingerprint density at radius 3 is 2.87 bits per heavy atom. The van der Waals surface area contributed by atoms with Gasteiger partial charge < -0.3 is 14.6 Å². The zero-order chi connectivity index (χ0) is 21.4. The molecule has 0 unspecified atom stereocenters. The summed E-state index contributed by atoms with van der Waals surface area (Å²) < 4.78 is 6.36. The second kappa shape index (κ2) is 8.01. The van der Waals surface area contributed by atoms with Crippen molar-refractivity contribution in [2.75, 3.05) is 19.7 Å². The van der Waals surface area contributed by atoms with E-state index < -0.39 is 0 Å². The molecule has 8 heteroatoms. The highest BCUT2D eigenvalue weighted by Gasteiger charge is 2.43. The van der Waals surface area contributed by atoms with Gasteiger partial charge in [0.2, 0.25) is 5.56 Å². The molecule has 0 aliphatic carbocycles. The normalized spacial score (nSPS) is 17.5. The van der Waals surface area contributed by atoms with Gasteiger partial charge in [0.1, 0.15) is 0 Å². The number of nitrogens with one attached hydrogen (secondary N) is 1. The van der Waals surface area contributed by atoms with Gasteiger partial charge in [-0.1, -0.05) is 6.92 Å². The van der Waals surface area contributed by atoms with Gasteiger partial charge in [-0.25, -0.2) is 0 Å². The molecule has 31 heavy (non-hydrogen) atoms. The number of ether oxygens (including phenoxy) is 1. The first-order valence-electron chi connectivity index (χ1n) is 10.6. The Morgan fingerprint density at radius 1 is 1.29 bits per heavy atom. The number of hydrogen-bond donors (Lipinski definition) is 1. The average Bonchev–Trinajstić information content (AvgIpc) is 3.26. The fraction of sp³-hybridized carbons (Fsp3) is 0.391. The molecule has 0 aromatic carbocycles. The molecule has 3 aromatic rings. The molecular formula is C23H24N4O3S. The van der Waals surface area contributed by atoms with Gasteiger partial charge in [-0.05, 0) is 37.0 Å². The van der Waals surface area contributed by atoms with Crippen molar-refractivity contribution in [3.8, 4) is 10.6 Å². The zero-order valence-electron chi connectivity index (χ0n) is 17.4. The van der Waals surface area contributed by atoms with Gasteiger partial charge in [0.05, 0.1) is 34.5 Å². The first-order valence-corrected chi connectivity index (χ1v) is 11.5. The molecule has 1 N–H and O–H groups in total. The van der Waals surface area contributed by atoms with Crippen LogP contribution in [0.25, 0.3) is 10.6 Å². The Morgan fingerprint density at radius 2 is 2.13 bits per heavy atom. The van der Waals surface area contributed by atoms with E-state index in [0.29, 0.717) is 37.4 Å². The van der Waals surface area contributed by atoms with Crippen molar-refractivity contribution < 1.29 is 9.53 Å². The molecule has 2 aliphatic heterocycles. The second-order valence-electron chi connectivity index (χ2n) is 7.99. The third-order valence-corrected chi connectivity index (χ3v) is 7.48. The lowest BCUT2D eigenvalue weighted by molar-refractivity contribution is -0.0926. The maximum atomic E-state index is 13.1. The lowest BCUT2D eigenvalue weighted by Crippen LogP contribution is -2.48. The molecule has 5 heterocycles. The van der Waals surface area contributed by atoms with Crippen LogP contribution in [0.3, 0.4) is 0 Å². The van der Waals surface area contributed by atoms with E-state index in [1.165, 1.54) is 16.5 Å². The number of aromatic nitrogens is 3. The number of rotatable bonds is 3. The zero-order valence-corrected chi connectivity index (χ0v) is 18.2. The van der Waals surface area contributed by atoms with E-state index in [4.69, 9.17) is 4.74 Å². The summed E-state index contributed by atoms with van der Waals surface area (Å²) in [5.74, 6) is -0.0236. The van der Waals surface area contributed by atoms with Crippen LogP contribution in [0.15, 0.2) is 41.6 Å². The van der Waals surface area contributed by atoms with Gasteiger partial charge in [0.15, 0.2) is 0 Å². The lowest BCUT2D eigenvalue weighted by Gasteiger charge is -2.44. The van der Waals surface area contributed by atoms with Crippen molar-refractivity contribution in [2.45, 2.75) is 38.2 Å². The summed E-state index contributed by atoms with van der Waals surface area (Å²) in [5, 5.41) is 0. The molecule has 0 atom stereocenters. The number of nitrogens with zero attached hydrogens (tertiary/aromatic N) is 3. The molecule has 0 saturated carbocycles. The summed E-state index contributed by atoms with van der Waals surface area (Å²) in [4.78, 5) is 40.5. The number of fused-ring (bicyclic) bond motifs is 2. The predicted octanol–water partition coefficient (Wildman–Crippen LogP) is 3.16. The molecule has 7 nitrogen and oxygen atoms in total. The predicted molar refractivity (Wildman–Crippen MR) is 118 cm³/mol. The Hall–Kier alpha value is -2.84. The number of amides is 1. The number of carbonyl (C=O) groups excluding carboxylic acids is 1. The fourth-order valence-electron chi connectivity index (χ4n) is 4.62. The van der Waals surface area contributed by atoms with Crippen LogP contribution in [0.2, 0.25) is 0 Å². The summed E-state index contributed by atoms with van der Waals surface area (Å²) >= 11 is 1.77. The monoisotopic (exact) mass is 436 g/mol. The van der Waals surface area contributed by atoms with Crippen molar-refractivity contribution in [3.63, 3.8) is 0 Å². The third kappa shape index (κ3) is 3.59. The minimum Gasteiger partial charge on any atom is -0.370 e. The molecule has 0 bridgehead atoms. The number of aromatic amines is 1. The number of H-pyrrole nitrogens is 1. The maximum Gasteiger partial charge on any atom is 0.255 e. The topological polar surface area (TPSA) is 88.2 Å². The van der Waals surface area contributed by atoms with Crippen molar-refractivity contribution in [1.82, 2.24) is 19.9 Å². The van der Waals surface area contributed by atoms with Crippen molar-refractivity contribution in [2.24, 2.45) is 0 Å². The van der Waals surface area contributed by atoms with Crippen LogP contribution in [0.4, 0.5) is 0 Å². The van der Waals surface area contributed by atoms with Crippen LogP contribution in [0.5, 0.6) is 0 Å². The molecule has 160 valence electrons. The Labute approximate surface area is 184 Å². The van der Waals surface area contributed by atoms with E-state index in [1.54, 1.807) is 36.0 Å². The summed E-state index contributed by atoms with van der Waals surface area (Å²) in [6.07, 6.45) is 8.22. The summed E-state index contributed by atoms with van der Waals surface area (Å²) in [6, 6.07) is 5.27. The second-order valence-corrected chi connectivity index (χ2v) is 9.13. The summed E-state index contributed by atoms with van der Waals surface area (Å²) in [7, 11) is 0. The quantitative estimate of drug-likeness (QED) is 0.681. The van der Waals surface area contributed by atoms with Crippen molar-refractivity contribution in [1.29, 1.82) is 0 Å². The Kier molecular flexibility index (Phi) is 5.19. The molecule has 0 radical (unpaired) electrons. The smallest absolute Gasteiger partial charge is 0.255 e. The first-order chi connectivity index (χ1) is 15.1. The van der Waals surface area contributed by atoms with E-state index in [2.05, 4.69) is 21.0 Å². The highest BCUT2D eigenvalue weighted by Crippen LogP contribution is 2.46. The third-order valence-electron chi connectivity index (χ3n) is 6.27. The Balaban J connectivity index is 1.38. The van der Waals surface area contributed by atoms with Crippen molar-refractivity contribution in [3.05, 3.63) is 68.8 Å². The fourth-order valence-corrected chi connectivity index (χ4v) is 5.81. The highest BCUT2D eigenvalue weighted by molar-refractivity contribution is 7.15. The van der Waals surface area contributed by atoms with E-state index in [9.17, 15) is 9.59 Å². The number of piperidine rings is 1. The minimum atomic E-state index is -0.347. The lowest BCUT2D eigenvalue weighted by atomic mass is 9.82. The van der Waals surface area contributed by atoms with Gasteiger partial charge >= 0.3 is 0 Å². The number of thiophene rings is 1. The molecule has 3 aromatic heterocycles. The maximum absolute atomic E-state index is 13.1. The largest absolute Gasteiger partial charge is 0.370 e. The van der Waals surface area contributed by atoms with Crippen LogP contribution in [-0.4, -0.2) is 45.5 Å². The number of carbonyl (C=O) groups is 1. The van der Waals surface area contributed by atoms with Crippen LogP contribution in [0, 0.1) is 0 Å². The van der Waals surface area contributed by atoms with Crippen LogP contribution in [0.1, 0.15) is 46.3 Å². The molecule has 5 rings (SSSR count). The van der Waals surface area contributed by atoms with E-state index in [-0.39, 0.29) is 17.1 Å². The number of likely N-dealkylation sites (tertiary alicyclic amines) is 1. The van der Waals surface area contributed by atoms with Crippen LogP contribution in [-0.2, 0) is 23.2 Å². The molecular weight excluding hydrogens is 412 g/mol. The van der Waals surface area contributed by atoms with Gasteiger partial charge in [-0.15, -0.1) is 11.3 Å². The molecule has 2 aliphatic rings. The van der Waals surface area contributed by atoms with Crippen LogP contribution >= 0.6 is 11.3 Å². The number of aryl methyl sites for hydroxylation is 1. The molecule has 1 spiro atoms. The summed E-state index contributed by atoms with van der Waals surface area (Å²) in [5.41, 5.74) is 2.89. The number of hydrogen-bond acceptors (Lipinski definition) is 6. The van der Waals surface area contributed by atoms with E-state index in [0.717, 1.165) is 29.8 Å². The standard InChI is InChI=1S/C23H24N4O3S/c1-2-17-15(3-4-21(28)26-17)22(29)27-10-6-23(7-11-27)16-13-20(18-14-24-8-9-25-18)31-19(16)5-12-30-23/h3-4,8-9,13-14H,2,5-7,10-12H2,1H3,(H,26,28). The van der Waals surface area contributed by atoms with Crippen molar-refractivity contribution >= 4 is 17.2 Å². The average molecular weight is 437 g/mol. The first kappa shape index (κ1) is 20.1. The van der Waals surface area contributed by atoms with E-state index in [1.807, 2.05) is 11.8 Å². The minimum absolute atomic E-state index is 0.0236. The van der Waals surface area contributed by atoms with Gasteiger partial charge in [-0.2, -0.15) is 0 Å². The number of pyridine rings is 1. The molecule has 1 saturated heterocycles. The van der Waals surface area contributed by atoms with Gasteiger partial charge in [0, 0.05) is 48.5 Å². The van der Waals surface area contributed by atoms with E-state index >= 15 is 0 Å². The Bertz CT molecular complexity index is 1160. The van der Waals surface area contributed by atoms with Gasteiger partial charge in [-0.3, -0.25) is 19.6 Å². The van der Waals surface area contributed by atoms with Crippen LogP contribution < -0.4 is 5.56 Å². The highest BCUT2D eigenvalue weighted by atomic mass is 32.1. The molecule has 1 amide bonds. The molecule has 1 fully saturated rings. The van der Waals surface area contributed by atoms with Gasteiger partial charge in [0.25, 0.3) is 5.91 Å².